The van der Waals surface area contributed by atoms with Crippen LogP contribution in [0.25, 0.3) is 0 Å². The molecule has 6 heteroatoms. The van der Waals surface area contributed by atoms with Crippen molar-refractivity contribution in [3.63, 3.8) is 0 Å². The standard InChI is InChI=1S/C22H25ClO5/c23-17-6-5-7-19(14-17)28-15-18(24)12-10-16-11-13-21(25)20(16)8-3-1-2-4-9-22(26)27/h1,3,5-7,10-12,14,18,20,24H,2,4,8-9,13,15H2,(H,26,27)/b3-1?,12-10+/t18?,20-/m1/s1. The maximum atomic E-state index is 12.1. The molecule has 2 atom stereocenters. The third kappa shape index (κ3) is 7.71. The highest BCUT2D eigenvalue weighted by atomic mass is 35.5. The van der Waals surface area contributed by atoms with E-state index in [1.54, 1.807) is 36.4 Å². The molecule has 0 fully saturated rings. The van der Waals surface area contributed by atoms with E-state index in [0.717, 1.165) is 5.57 Å². The summed E-state index contributed by atoms with van der Waals surface area (Å²) in [6.07, 6.45) is 10.7. The summed E-state index contributed by atoms with van der Waals surface area (Å²) in [5.41, 5.74) is 0.891. The lowest BCUT2D eigenvalue weighted by atomic mass is 9.95. The van der Waals surface area contributed by atoms with Gasteiger partial charge in [-0.25, -0.2) is 0 Å². The predicted octanol–water partition coefficient (Wildman–Crippen LogP) is 4.35. The number of unbranched alkanes of at least 4 members (excludes halogenated alkanes) is 1. The molecule has 1 aliphatic carbocycles. The Labute approximate surface area is 170 Å². The van der Waals surface area contributed by atoms with Crippen LogP contribution in [0, 0.1) is 5.92 Å². The van der Waals surface area contributed by atoms with Gasteiger partial charge in [-0.15, -0.1) is 0 Å². The first-order valence-corrected chi connectivity index (χ1v) is 9.67. The Kier molecular flexibility index (Phi) is 8.98. The van der Waals surface area contributed by atoms with Gasteiger partial charge in [0, 0.05) is 23.8 Å². The molecule has 0 bridgehead atoms. The van der Waals surface area contributed by atoms with E-state index in [9.17, 15) is 14.7 Å². The molecule has 0 aliphatic heterocycles. The summed E-state index contributed by atoms with van der Waals surface area (Å²) < 4.78 is 5.51. The molecule has 150 valence electrons. The average Bonchev–Trinajstić information content (AvgIpc) is 3.01. The lowest BCUT2D eigenvalue weighted by molar-refractivity contribution is -0.137. The quantitative estimate of drug-likeness (QED) is 0.423. The number of carboxylic acids is 1. The van der Waals surface area contributed by atoms with Gasteiger partial charge >= 0.3 is 5.97 Å². The molecular formula is C22H25ClO5. The molecule has 1 aromatic carbocycles. The van der Waals surface area contributed by atoms with Crippen molar-refractivity contribution in [3.05, 3.63) is 65.2 Å². The third-order valence-corrected chi connectivity index (χ3v) is 4.59. The minimum Gasteiger partial charge on any atom is -0.491 e. The number of hydrogen-bond donors (Lipinski definition) is 2. The highest BCUT2D eigenvalue weighted by molar-refractivity contribution is 6.30. The molecule has 28 heavy (non-hydrogen) atoms. The monoisotopic (exact) mass is 404 g/mol. The second-order valence-electron chi connectivity index (χ2n) is 6.62. The van der Waals surface area contributed by atoms with E-state index in [4.69, 9.17) is 21.4 Å². The van der Waals surface area contributed by atoms with Crippen molar-refractivity contribution in [2.24, 2.45) is 5.92 Å². The number of rotatable bonds is 11. The predicted molar refractivity (Wildman–Crippen MR) is 109 cm³/mol. The SMILES string of the molecule is O=C(O)CCCC=CC[C@H]1C(=O)CC=C1/C=C/C(O)COc1cccc(Cl)c1. The lowest BCUT2D eigenvalue weighted by Gasteiger charge is -2.11. The summed E-state index contributed by atoms with van der Waals surface area (Å²) in [6, 6.07) is 6.96. The van der Waals surface area contributed by atoms with Crippen LogP contribution in [0.15, 0.2) is 60.2 Å². The average molecular weight is 405 g/mol. The highest BCUT2D eigenvalue weighted by Gasteiger charge is 2.24. The fraction of sp³-hybridized carbons (Fsp3) is 0.364. The van der Waals surface area contributed by atoms with Crippen molar-refractivity contribution in [1.82, 2.24) is 0 Å². The van der Waals surface area contributed by atoms with Crippen molar-refractivity contribution >= 4 is 23.4 Å². The molecule has 0 heterocycles. The summed E-state index contributed by atoms with van der Waals surface area (Å²) in [4.78, 5) is 22.6. The number of benzene rings is 1. The van der Waals surface area contributed by atoms with Crippen molar-refractivity contribution in [1.29, 1.82) is 0 Å². The van der Waals surface area contributed by atoms with Crippen LogP contribution >= 0.6 is 11.6 Å². The fourth-order valence-electron chi connectivity index (χ4n) is 2.88. The Hall–Kier alpha value is -2.37. The number of allylic oxidation sites excluding steroid dienone is 5. The zero-order valence-electron chi connectivity index (χ0n) is 15.6. The smallest absolute Gasteiger partial charge is 0.303 e. The Bertz CT molecular complexity index is 766. The minimum atomic E-state index is -0.803. The number of ether oxygens (including phenoxy) is 1. The van der Waals surface area contributed by atoms with Crippen molar-refractivity contribution in [2.45, 2.75) is 38.2 Å². The number of Topliss-reactive ketones (excluding diaryl/α,β-unsaturated/α-hetero) is 1. The van der Waals surface area contributed by atoms with Gasteiger partial charge in [0.25, 0.3) is 0 Å². The fourth-order valence-corrected chi connectivity index (χ4v) is 3.06. The topological polar surface area (TPSA) is 83.8 Å². The minimum absolute atomic E-state index is 0.0895. The van der Waals surface area contributed by atoms with Crippen LogP contribution in [0.5, 0.6) is 5.75 Å². The number of ketones is 1. The van der Waals surface area contributed by atoms with Gasteiger partial charge in [-0.05, 0) is 43.0 Å². The van der Waals surface area contributed by atoms with E-state index in [1.165, 1.54) is 0 Å². The molecule has 0 spiro atoms. The number of aliphatic hydroxyl groups excluding tert-OH is 1. The van der Waals surface area contributed by atoms with Gasteiger partial charge in [-0.3, -0.25) is 9.59 Å². The molecule has 0 saturated heterocycles. The van der Waals surface area contributed by atoms with Crippen molar-refractivity contribution < 1.29 is 24.5 Å². The summed E-state index contributed by atoms with van der Waals surface area (Å²) in [5.74, 6) is -0.277. The van der Waals surface area contributed by atoms with Crippen LogP contribution in [0.2, 0.25) is 5.02 Å². The van der Waals surface area contributed by atoms with E-state index < -0.39 is 12.1 Å². The largest absolute Gasteiger partial charge is 0.491 e. The van der Waals surface area contributed by atoms with Gasteiger partial charge in [-0.2, -0.15) is 0 Å². The lowest BCUT2D eigenvalue weighted by Crippen LogP contribution is -2.15. The first-order valence-electron chi connectivity index (χ1n) is 9.30. The number of hydrogen-bond acceptors (Lipinski definition) is 4. The van der Waals surface area contributed by atoms with Gasteiger partial charge in [0.05, 0.1) is 0 Å². The Morgan fingerprint density at radius 1 is 1.36 bits per heavy atom. The number of halogens is 1. The van der Waals surface area contributed by atoms with E-state index in [0.29, 0.717) is 36.5 Å². The maximum Gasteiger partial charge on any atom is 0.303 e. The molecule has 0 amide bonds. The second-order valence-corrected chi connectivity index (χ2v) is 7.05. The zero-order chi connectivity index (χ0) is 20.4. The zero-order valence-corrected chi connectivity index (χ0v) is 16.3. The molecule has 1 aromatic rings. The normalized spacial score (nSPS) is 18.0. The van der Waals surface area contributed by atoms with Crippen LogP contribution in [0.3, 0.4) is 0 Å². The number of aliphatic carboxylic acids is 1. The van der Waals surface area contributed by atoms with E-state index in [2.05, 4.69) is 0 Å². The number of carbonyl (C=O) groups is 2. The third-order valence-electron chi connectivity index (χ3n) is 4.36. The summed E-state index contributed by atoms with van der Waals surface area (Å²) in [6.45, 7) is 0.0895. The number of carbonyl (C=O) groups excluding carboxylic acids is 1. The van der Waals surface area contributed by atoms with Crippen LogP contribution in [-0.4, -0.2) is 34.7 Å². The maximum absolute atomic E-state index is 12.1. The molecule has 0 aromatic heterocycles. The molecule has 0 radical (unpaired) electrons. The van der Waals surface area contributed by atoms with Gasteiger partial charge in [-0.1, -0.05) is 48.0 Å². The Balaban J connectivity index is 1.79. The van der Waals surface area contributed by atoms with Crippen LogP contribution < -0.4 is 4.74 Å². The molecular weight excluding hydrogens is 380 g/mol. The molecule has 5 nitrogen and oxygen atoms in total. The summed E-state index contributed by atoms with van der Waals surface area (Å²) in [7, 11) is 0. The highest BCUT2D eigenvalue weighted by Crippen LogP contribution is 2.27. The van der Waals surface area contributed by atoms with E-state index in [1.807, 2.05) is 18.2 Å². The van der Waals surface area contributed by atoms with Gasteiger partial charge in [0.2, 0.25) is 0 Å². The molecule has 2 N–H and O–H groups in total. The summed E-state index contributed by atoms with van der Waals surface area (Å²) in [5, 5.41) is 19.3. The van der Waals surface area contributed by atoms with E-state index in [-0.39, 0.29) is 24.7 Å². The number of carboxylic acid groups (broad SMARTS) is 1. The Morgan fingerprint density at radius 2 is 2.18 bits per heavy atom. The second kappa shape index (κ2) is 11.5. The van der Waals surface area contributed by atoms with Crippen LogP contribution in [0.1, 0.15) is 32.1 Å². The molecule has 2 rings (SSSR count). The van der Waals surface area contributed by atoms with Gasteiger partial charge in [0.15, 0.2) is 0 Å². The van der Waals surface area contributed by atoms with Gasteiger partial charge in [0.1, 0.15) is 24.2 Å². The summed E-state index contributed by atoms with van der Waals surface area (Å²) >= 11 is 5.89. The first kappa shape index (κ1) is 21.9. The van der Waals surface area contributed by atoms with E-state index >= 15 is 0 Å². The van der Waals surface area contributed by atoms with Crippen LogP contribution in [0.4, 0.5) is 0 Å². The molecule has 0 saturated carbocycles. The van der Waals surface area contributed by atoms with Crippen molar-refractivity contribution in [3.8, 4) is 5.75 Å². The number of aliphatic hydroxyl groups is 1. The van der Waals surface area contributed by atoms with Crippen molar-refractivity contribution in [2.75, 3.05) is 6.61 Å². The van der Waals surface area contributed by atoms with Gasteiger partial charge < -0.3 is 14.9 Å². The first-order chi connectivity index (χ1) is 13.5. The van der Waals surface area contributed by atoms with Crippen LogP contribution in [-0.2, 0) is 9.59 Å². The molecule has 1 aliphatic rings. The Morgan fingerprint density at radius 3 is 2.93 bits per heavy atom. The molecule has 1 unspecified atom stereocenters.